The SMILES string of the molecule is COc1ccc(/C=C/C(=O)C2CC2)cc1COc1ccc(I)cc1. The van der Waals surface area contributed by atoms with Crippen molar-refractivity contribution < 1.29 is 14.3 Å². The van der Waals surface area contributed by atoms with Crippen LogP contribution in [0.1, 0.15) is 24.0 Å². The van der Waals surface area contributed by atoms with Crippen molar-refractivity contribution in [2.75, 3.05) is 7.11 Å². The number of carbonyl (C=O) groups is 1. The molecule has 124 valence electrons. The first-order chi connectivity index (χ1) is 11.7. The molecule has 2 aromatic rings. The highest BCUT2D eigenvalue weighted by Crippen LogP contribution is 2.30. The molecule has 0 radical (unpaired) electrons. The fourth-order valence-corrected chi connectivity index (χ4v) is 2.75. The summed E-state index contributed by atoms with van der Waals surface area (Å²) in [7, 11) is 1.65. The molecule has 1 saturated carbocycles. The monoisotopic (exact) mass is 434 g/mol. The molecule has 1 aliphatic carbocycles. The number of ketones is 1. The molecule has 0 spiro atoms. The van der Waals surface area contributed by atoms with E-state index in [1.54, 1.807) is 13.2 Å². The second-order valence-corrected chi connectivity index (χ2v) is 7.07. The zero-order chi connectivity index (χ0) is 16.9. The van der Waals surface area contributed by atoms with E-state index in [9.17, 15) is 4.79 Å². The smallest absolute Gasteiger partial charge is 0.158 e. The van der Waals surface area contributed by atoms with Crippen molar-refractivity contribution in [2.45, 2.75) is 19.4 Å². The summed E-state index contributed by atoms with van der Waals surface area (Å²) in [5.74, 6) is 2.08. The van der Waals surface area contributed by atoms with Crippen LogP contribution in [0.15, 0.2) is 48.5 Å². The fraction of sp³-hybridized carbons (Fsp3) is 0.250. The Morgan fingerprint density at radius 2 is 1.96 bits per heavy atom. The van der Waals surface area contributed by atoms with Crippen LogP contribution in [-0.2, 0) is 11.4 Å². The van der Waals surface area contributed by atoms with E-state index in [2.05, 4.69) is 22.6 Å². The van der Waals surface area contributed by atoms with Crippen LogP contribution in [0.2, 0.25) is 0 Å². The minimum absolute atomic E-state index is 0.225. The molecule has 0 heterocycles. The second kappa shape index (κ2) is 7.83. The van der Waals surface area contributed by atoms with Gasteiger partial charge in [0.15, 0.2) is 5.78 Å². The van der Waals surface area contributed by atoms with E-state index in [1.165, 1.54) is 3.57 Å². The normalized spacial score (nSPS) is 13.9. The molecule has 24 heavy (non-hydrogen) atoms. The molecule has 0 saturated heterocycles. The lowest BCUT2D eigenvalue weighted by Gasteiger charge is -2.11. The Balaban J connectivity index is 1.71. The van der Waals surface area contributed by atoms with Crippen LogP contribution >= 0.6 is 22.6 Å². The Kier molecular flexibility index (Phi) is 5.56. The van der Waals surface area contributed by atoms with Gasteiger partial charge in [0.05, 0.1) is 7.11 Å². The Morgan fingerprint density at radius 1 is 1.21 bits per heavy atom. The molecular formula is C20H19IO3. The van der Waals surface area contributed by atoms with Gasteiger partial charge >= 0.3 is 0 Å². The Morgan fingerprint density at radius 3 is 2.62 bits per heavy atom. The average molecular weight is 434 g/mol. The van der Waals surface area contributed by atoms with Crippen LogP contribution in [0.5, 0.6) is 11.5 Å². The molecule has 3 nitrogen and oxygen atoms in total. The molecule has 3 rings (SSSR count). The van der Waals surface area contributed by atoms with Gasteiger partial charge in [0.25, 0.3) is 0 Å². The van der Waals surface area contributed by atoms with Crippen LogP contribution < -0.4 is 9.47 Å². The average Bonchev–Trinajstić information content (AvgIpc) is 3.44. The van der Waals surface area contributed by atoms with Crippen molar-refractivity contribution in [1.29, 1.82) is 0 Å². The third kappa shape index (κ3) is 4.60. The number of methoxy groups -OCH3 is 1. The quantitative estimate of drug-likeness (QED) is 0.461. The van der Waals surface area contributed by atoms with Crippen LogP contribution in [0.4, 0.5) is 0 Å². The van der Waals surface area contributed by atoms with E-state index in [0.29, 0.717) is 6.61 Å². The highest BCUT2D eigenvalue weighted by Gasteiger charge is 2.27. The number of rotatable bonds is 7. The maximum Gasteiger partial charge on any atom is 0.158 e. The summed E-state index contributed by atoms with van der Waals surface area (Å²) >= 11 is 2.26. The maximum absolute atomic E-state index is 11.8. The standard InChI is InChI=1S/C20H19IO3/c1-23-20-11-3-14(2-10-19(22)15-4-5-15)12-16(20)13-24-18-8-6-17(21)7-9-18/h2-3,6-12,15H,4-5,13H2,1H3/b10-2+. The van der Waals surface area contributed by atoms with Crippen LogP contribution in [0.25, 0.3) is 6.08 Å². The predicted octanol–water partition coefficient (Wildman–Crippen LogP) is 4.87. The van der Waals surface area contributed by atoms with Gasteiger partial charge in [-0.05, 0) is 83.5 Å². The Labute approximate surface area is 155 Å². The number of carbonyl (C=O) groups excluding carboxylic acids is 1. The molecular weight excluding hydrogens is 415 g/mol. The third-order valence-corrected chi connectivity index (χ3v) is 4.65. The first-order valence-corrected chi connectivity index (χ1v) is 9.01. The second-order valence-electron chi connectivity index (χ2n) is 5.82. The van der Waals surface area contributed by atoms with E-state index in [-0.39, 0.29) is 11.7 Å². The molecule has 0 atom stereocenters. The van der Waals surface area contributed by atoms with Gasteiger partial charge in [0, 0.05) is 15.1 Å². The number of hydrogen-bond acceptors (Lipinski definition) is 3. The zero-order valence-electron chi connectivity index (χ0n) is 13.5. The van der Waals surface area contributed by atoms with E-state index in [1.807, 2.05) is 48.5 Å². The first kappa shape index (κ1) is 17.0. The van der Waals surface area contributed by atoms with Crippen molar-refractivity contribution >= 4 is 34.5 Å². The van der Waals surface area contributed by atoms with E-state index in [4.69, 9.17) is 9.47 Å². The Bertz CT molecular complexity index is 746. The number of hydrogen-bond donors (Lipinski definition) is 0. The van der Waals surface area contributed by atoms with E-state index < -0.39 is 0 Å². The fourth-order valence-electron chi connectivity index (χ4n) is 2.39. The molecule has 0 unspecified atom stereocenters. The predicted molar refractivity (Wildman–Crippen MR) is 103 cm³/mol. The number of allylic oxidation sites excluding steroid dienone is 1. The molecule has 0 aliphatic heterocycles. The summed E-state index contributed by atoms with van der Waals surface area (Å²) < 4.78 is 12.4. The number of ether oxygens (including phenoxy) is 2. The van der Waals surface area contributed by atoms with Crippen molar-refractivity contribution in [3.63, 3.8) is 0 Å². The van der Waals surface area contributed by atoms with Gasteiger partial charge in [-0.25, -0.2) is 0 Å². The van der Waals surface area contributed by atoms with Crippen molar-refractivity contribution in [1.82, 2.24) is 0 Å². The lowest BCUT2D eigenvalue weighted by molar-refractivity contribution is -0.115. The Hall–Kier alpha value is -1.82. The summed E-state index contributed by atoms with van der Waals surface area (Å²) in [6, 6.07) is 13.8. The van der Waals surface area contributed by atoms with E-state index in [0.717, 1.165) is 35.5 Å². The summed E-state index contributed by atoms with van der Waals surface area (Å²) in [6.07, 6.45) is 5.61. The molecule has 4 heteroatoms. The largest absolute Gasteiger partial charge is 0.496 e. The van der Waals surface area contributed by atoms with Crippen LogP contribution in [0.3, 0.4) is 0 Å². The van der Waals surface area contributed by atoms with E-state index >= 15 is 0 Å². The number of benzene rings is 2. The highest BCUT2D eigenvalue weighted by atomic mass is 127. The van der Waals surface area contributed by atoms with Crippen LogP contribution in [0, 0.1) is 9.49 Å². The zero-order valence-corrected chi connectivity index (χ0v) is 15.7. The van der Waals surface area contributed by atoms with Gasteiger partial charge in [0.2, 0.25) is 0 Å². The minimum Gasteiger partial charge on any atom is -0.496 e. The lowest BCUT2D eigenvalue weighted by atomic mass is 10.1. The van der Waals surface area contributed by atoms with Gasteiger partial charge in [-0.2, -0.15) is 0 Å². The van der Waals surface area contributed by atoms with Crippen LogP contribution in [-0.4, -0.2) is 12.9 Å². The van der Waals surface area contributed by atoms with Crippen molar-refractivity contribution in [2.24, 2.45) is 5.92 Å². The summed E-state index contributed by atoms with van der Waals surface area (Å²) in [5.41, 5.74) is 1.93. The molecule has 0 bridgehead atoms. The molecule has 0 aromatic heterocycles. The third-order valence-electron chi connectivity index (χ3n) is 3.93. The van der Waals surface area contributed by atoms with Gasteiger partial charge in [0.1, 0.15) is 18.1 Å². The molecule has 1 aliphatic rings. The van der Waals surface area contributed by atoms with Gasteiger partial charge in [-0.3, -0.25) is 4.79 Å². The maximum atomic E-state index is 11.8. The molecule has 0 N–H and O–H groups in total. The van der Waals surface area contributed by atoms with Gasteiger partial charge < -0.3 is 9.47 Å². The summed E-state index contributed by atoms with van der Waals surface area (Å²) in [6.45, 7) is 0.419. The first-order valence-electron chi connectivity index (χ1n) is 7.93. The highest BCUT2D eigenvalue weighted by molar-refractivity contribution is 14.1. The van der Waals surface area contributed by atoms with Gasteiger partial charge in [-0.1, -0.05) is 12.1 Å². The molecule has 1 fully saturated rings. The molecule has 0 amide bonds. The van der Waals surface area contributed by atoms with Crippen molar-refractivity contribution in [3.05, 3.63) is 63.2 Å². The number of halogens is 1. The summed E-state index contributed by atoms with van der Waals surface area (Å²) in [4.78, 5) is 11.8. The topological polar surface area (TPSA) is 35.5 Å². The molecule has 2 aromatic carbocycles. The van der Waals surface area contributed by atoms with Gasteiger partial charge in [-0.15, -0.1) is 0 Å². The lowest BCUT2D eigenvalue weighted by Crippen LogP contribution is -1.99. The summed E-state index contributed by atoms with van der Waals surface area (Å²) in [5, 5.41) is 0. The minimum atomic E-state index is 0.225. The van der Waals surface area contributed by atoms with Crippen molar-refractivity contribution in [3.8, 4) is 11.5 Å².